The summed E-state index contributed by atoms with van der Waals surface area (Å²) in [6.07, 6.45) is -1.52. The van der Waals surface area contributed by atoms with Crippen molar-refractivity contribution in [2.24, 2.45) is 11.8 Å². The lowest BCUT2D eigenvalue weighted by molar-refractivity contribution is -0.170. The van der Waals surface area contributed by atoms with Gasteiger partial charge in [-0.15, -0.1) is 0 Å². The Hall–Kier alpha value is -1.14. The molecule has 0 aromatic rings. The van der Waals surface area contributed by atoms with Crippen LogP contribution in [0.15, 0.2) is 0 Å². The maximum atomic E-state index is 12.0. The fraction of sp³-hybridized carbons (Fsp3) is 0.846. The molecule has 1 saturated heterocycles. The Balaban J connectivity index is 2.83. The van der Waals surface area contributed by atoms with Crippen LogP contribution < -0.4 is 0 Å². The number of hydrogen-bond acceptors (Lipinski definition) is 6. The van der Waals surface area contributed by atoms with Crippen LogP contribution in [0.1, 0.15) is 27.7 Å². The van der Waals surface area contributed by atoms with Crippen LogP contribution in [0.4, 0.5) is 0 Å². The van der Waals surface area contributed by atoms with Gasteiger partial charge in [-0.3, -0.25) is 9.59 Å². The molecule has 19 heavy (non-hydrogen) atoms. The normalized spacial score (nSPS) is 23.2. The third kappa shape index (κ3) is 4.47. The van der Waals surface area contributed by atoms with Crippen LogP contribution in [0.2, 0.25) is 0 Å². The molecule has 1 aliphatic heterocycles. The maximum absolute atomic E-state index is 12.0. The molecule has 2 atom stereocenters. The fourth-order valence-electron chi connectivity index (χ4n) is 1.93. The second kappa shape index (κ2) is 6.86. The van der Waals surface area contributed by atoms with Gasteiger partial charge in [0.15, 0.2) is 5.92 Å². The molecule has 0 aliphatic carbocycles. The molecular weight excluding hydrogens is 252 g/mol. The van der Waals surface area contributed by atoms with E-state index < -0.39 is 29.9 Å². The second-order valence-electron chi connectivity index (χ2n) is 5.22. The summed E-state index contributed by atoms with van der Waals surface area (Å²) in [5.41, 5.74) is 0. The molecule has 1 heterocycles. The smallest absolute Gasteiger partial charge is 0.321 e. The van der Waals surface area contributed by atoms with Crippen molar-refractivity contribution in [2.45, 2.75) is 46.0 Å². The molecule has 0 amide bonds. The van der Waals surface area contributed by atoms with Crippen LogP contribution in [-0.4, -0.2) is 48.6 Å². The minimum atomic E-state index is -1.14. The van der Waals surface area contributed by atoms with E-state index in [1.807, 2.05) is 0 Å². The Kier molecular flexibility index (Phi) is 5.75. The van der Waals surface area contributed by atoms with Gasteiger partial charge in [-0.05, 0) is 27.7 Å². The van der Waals surface area contributed by atoms with Crippen LogP contribution in [0.25, 0.3) is 0 Å². The van der Waals surface area contributed by atoms with Crippen molar-refractivity contribution in [3.8, 4) is 0 Å². The van der Waals surface area contributed by atoms with Gasteiger partial charge >= 0.3 is 11.9 Å². The maximum Gasteiger partial charge on any atom is 0.321 e. The number of aliphatic hydroxyl groups is 1. The number of carbonyl (C=O) groups is 2. The Morgan fingerprint density at radius 3 is 1.84 bits per heavy atom. The highest BCUT2D eigenvalue weighted by atomic mass is 16.6. The molecule has 0 aromatic heterocycles. The van der Waals surface area contributed by atoms with Gasteiger partial charge in [-0.2, -0.15) is 0 Å². The standard InChI is InChI=1S/C13H22O6/c1-7(2)18-12(15)11(13(16)19-8(3)4)9-5-17-6-10(9)14/h7-11,14H,5-6H2,1-4H3. The average molecular weight is 274 g/mol. The molecule has 0 bridgehead atoms. The number of carbonyl (C=O) groups excluding carboxylic acids is 2. The molecule has 1 aliphatic rings. The topological polar surface area (TPSA) is 82.1 Å². The van der Waals surface area contributed by atoms with Gasteiger partial charge in [0.2, 0.25) is 0 Å². The first-order valence-corrected chi connectivity index (χ1v) is 6.49. The van der Waals surface area contributed by atoms with E-state index in [0.29, 0.717) is 0 Å². The number of rotatable bonds is 5. The molecule has 1 fully saturated rings. The molecule has 0 spiro atoms. The molecule has 0 saturated carbocycles. The minimum absolute atomic E-state index is 0.116. The molecule has 1 rings (SSSR count). The van der Waals surface area contributed by atoms with Crippen molar-refractivity contribution in [3.05, 3.63) is 0 Å². The quantitative estimate of drug-likeness (QED) is 0.581. The zero-order valence-corrected chi connectivity index (χ0v) is 11.8. The third-order valence-electron chi connectivity index (χ3n) is 2.73. The predicted octanol–water partition coefficient (Wildman–Crippen LogP) is 0.513. The van der Waals surface area contributed by atoms with Gasteiger partial charge in [0.25, 0.3) is 0 Å². The van der Waals surface area contributed by atoms with Crippen molar-refractivity contribution in [3.63, 3.8) is 0 Å². The van der Waals surface area contributed by atoms with E-state index in [2.05, 4.69) is 0 Å². The Labute approximate surface area is 113 Å². The first kappa shape index (κ1) is 15.9. The predicted molar refractivity (Wildman–Crippen MR) is 66.3 cm³/mol. The molecule has 1 N–H and O–H groups in total. The SMILES string of the molecule is CC(C)OC(=O)C(C(=O)OC(C)C)C1COCC1O. The summed E-state index contributed by atoms with van der Waals surface area (Å²) in [5.74, 6) is -3.09. The molecule has 2 unspecified atom stereocenters. The zero-order valence-electron chi connectivity index (χ0n) is 11.8. The number of hydrogen-bond donors (Lipinski definition) is 1. The van der Waals surface area contributed by atoms with E-state index in [9.17, 15) is 14.7 Å². The molecule has 6 nitrogen and oxygen atoms in total. The summed E-state index contributed by atoms with van der Waals surface area (Å²) in [7, 11) is 0. The number of aliphatic hydroxyl groups excluding tert-OH is 1. The molecule has 6 heteroatoms. The van der Waals surface area contributed by atoms with Crippen LogP contribution in [0.5, 0.6) is 0 Å². The number of esters is 2. The van der Waals surface area contributed by atoms with Crippen LogP contribution in [0.3, 0.4) is 0 Å². The van der Waals surface area contributed by atoms with Crippen LogP contribution in [0, 0.1) is 11.8 Å². The summed E-state index contributed by atoms with van der Waals surface area (Å²) in [6.45, 7) is 7.06. The van der Waals surface area contributed by atoms with Crippen LogP contribution >= 0.6 is 0 Å². The fourth-order valence-corrected chi connectivity index (χ4v) is 1.93. The summed E-state index contributed by atoms with van der Waals surface area (Å²) in [4.78, 5) is 24.0. The van der Waals surface area contributed by atoms with Crippen molar-refractivity contribution in [1.29, 1.82) is 0 Å². The molecule has 0 aromatic carbocycles. The van der Waals surface area contributed by atoms with Crippen molar-refractivity contribution in [1.82, 2.24) is 0 Å². The minimum Gasteiger partial charge on any atom is -0.462 e. The van der Waals surface area contributed by atoms with E-state index in [0.717, 1.165) is 0 Å². The lowest BCUT2D eigenvalue weighted by Crippen LogP contribution is -2.41. The lowest BCUT2D eigenvalue weighted by Gasteiger charge is -2.23. The van der Waals surface area contributed by atoms with Crippen molar-refractivity contribution < 1.29 is 28.9 Å². The van der Waals surface area contributed by atoms with Gasteiger partial charge in [-0.1, -0.05) is 0 Å². The summed E-state index contributed by atoms with van der Waals surface area (Å²) < 4.78 is 15.2. The van der Waals surface area contributed by atoms with Crippen molar-refractivity contribution in [2.75, 3.05) is 13.2 Å². The van der Waals surface area contributed by atoms with E-state index in [4.69, 9.17) is 14.2 Å². The van der Waals surface area contributed by atoms with Gasteiger partial charge in [0.05, 0.1) is 31.5 Å². The average Bonchev–Trinajstić information content (AvgIpc) is 2.62. The largest absolute Gasteiger partial charge is 0.462 e. The van der Waals surface area contributed by atoms with Gasteiger partial charge in [0.1, 0.15) is 0 Å². The van der Waals surface area contributed by atoms with Gasteiger partial charge in [0, 0.05) is 5.92 Å². The Morgan fingerprint density at radius 1 is 1.05 bits per heavy atom. The van der Waals surface area contributed by atoms with E-state index >= 15 is 0 Å². The van der Waals surface area contributed by atoms with E-state index in [1.54, 1.807) is 27.7 Å². The highest BCUT2D eigenvalue weighted by molar-refractivity contribution is 5.95. The van der Waals surface area contributed by atoms with Gasteiger partial charge in [-0.25, -0.2) is 0 Å². The highest BCUT2D eigenvalue weighted by Crippen LogP contribution is 2.26. The molecular formula is C13H22O6. The Bertz CT molecular complexity index is 303. The van der Waals surface area contributed by atoms with Gasteiger partial charge < -0.3 is 19.3 Å². The van der Waals surface area contributed by atoms with E-state index in [-0.39, 0.29) is 25.4 Å². The highest BCUT2D eigenvalue weighted by Gasteiger charge is 2.44. The summed E-state index contributed by atoms with van der Waals surface area (Å²) >= 11 is 0. The summed E-state index contributed by atoms with van der Waals surface area (Å²) in [6, 6.07) is 0. The van der Waals surface area contributed by atoms with E-state index in [1.165, 1.54) is 0 Å². The van der Waals surface area contributed by atoms with Crippen LogP contribution in [-0.2, 0) is 23.8 Å². The second-order valence-corrected chi connectivity index (χ2v) is 5.22. The monoisotopic (exact) mass is 274 g/mol. The zero-order chi connectivity index (χ0) is 14.6. The first-order chi connectivity index (χ1) is 8.82. The molecule has 110 valence electrons. The number of ether oxygens (including phenoxy) is 3. The first-order valence-electron chi connectivity index (χ1n) is 6.49. The molecule has 0 radical (unpaired) electrons. The Morgan fingerprint density at radius 2 is 1.53 bits per heavy atom. The van der Waals surface area contributed by atoms with Crippen molar-refractivity contribution >= 4 is 11.9 Å². The summed E-state index contributed by atoms with van der Waals surface area (Å²) in [5, 5.41) is 9.78. The third-order valence-corrected chi connectivity index (χ3v) is 2.73. The lowest BCUT2D eigenvalue weighted by atomic mass is 9.89.